The third-order valence-corrected chi connectivity index (χ3v) is 7.67. The van der Waals surface area contributed by atoms with Crippen LogP contribution in [0, 0.1) is 0 Å². The fraction of sp³-hybridized carbons (Fsp3) is 0.333. The Morgan fingerprint density at radius 2 is 1.41 bits per heavy atom. The van der Waals surface area contributed by atoms with Crippen LogP contribution < -0.4 is 20.7 Å². The van der Waals surface area contributed by atoms with Crippen LogP contribution in [-0.2, 0) is 24.5 Å². The van der Waals surface area contributed by atoms with Gasteiger partial charge in [0.05, 0.1) is 34.0 Å². The van der Waals surface area contributed by atoms with Crippen LogP contribution in [0.4, 0.5) is 0 Å². The molecule has 11 nitrogen and oxygen atoms in total. The summed E-state index contributed by atoms with van der Waals surface area (Å²) >= 11 is 0. The highest BCUT2D eigenvalue weighted by Gasteiger charge is 2.48. The van der Waals surface area contributed by atoms with Gasteiger partial charge in [0.2, 0.25) is 0 Å². The average Bonchev–Trinajstić information content (AvgIpc) is 3.36. The number of nitrogens with one attached hydrogen (secondary N) is 1. The van der Waals surface area contributed by atoms with Crippen molar-refractivity contribution in [1.29, 1.82) is 0 Å². The quantitative estimate of drug-likeness (QED) is 0.175. The molecular formula is C33H36N2O9. The molecular weight excluding hydrogens is 568 g/mol. The molecule has 0 aliphatic carbocycles. The number of hydrogen-bond donors (Lipinski definition) is 2. The first kappa shape index (κ1) is 31.2. The van der Waals surface area contributed by atoms with Crippen LogP contribution in [0.25, 0.3) is 0 Å². The van der Waals surface area contributed by atoms with Gasteiger partial charge in [-0.3, -0.25) is 14.3 Å². The van der Waals surface area contributed by atoms with Gasteiger partial charge in [-0.25, -0.2) is 4.79 Å². The minimum Gasteiger partial charge on any atom is -0.497 e. The van der Waals surface area contributed by atoms with E-state index in [1.54, 1.807) is 14.2 Å². The van der Waals surface area contributed by atoms with Crippen molar-refractivity contribution in [3.05, 3.63) is 129 Å². The maximum atomic E-state index is 12.7. The van der Waals surface area contributed by atoms with Crippen molar-refractivity contribution in [1.82, 2.24) is 9.55 Å². The van der Waals surface area contributed by atoms with Gasteiger partial charge in [-0.1, -0.05) is 54.6 Å². The predicted molar refractivity (Wildman–Crippen MR) is 161 cm³/mol. The lowest BCUT2D eigenvalue weighted by Gasteiger charge is -2.37. The molecule has 0 spiro atoms. The minimum atomic E-state index is -1.18. The summed E-state index contributed by atoms with van der Waals surface area (Å²) in [5, 5.41) is 11.5. The van der Waals surface area contributed by atoms with Crippen LogP contribution in [0.2, 0.25) is 0 Å². The van der Waals surface area contributed by atoms with E-state index in [0.717, 1.165) is 16.7 Å². The summed E-state index contributed by atoms with van der Waals surface area (Å²) in [6.07, 6.45) is -2.76. The van der Waals surface area contributed by atoms with Gasteiger partial charge < -0.3 is 33.5 Å². The lowest BCUT2D eigenvalue weighted by molar-refractivity contribution is -0.0994. The molecule has 1 aliphatic heterocycles. The van der Waals surface area contributed by atoms with Gasteiger partial charge >= 0.3 is 5.69 Å². The smallest absolute Gasteiger partial charge is 0.330 e. The third kappa shape index (κ3) is 6.33. The second-order valence-corrected chi connectivity index (χ2v) is 10.2. The molecule has 1 aliphatic rings. The molecule has 0 radical (unpaired) electrons. The molecule has 11 heteroatoms. The molecule has 2 N–H and O–H groups in total. The monoisotopic (exact) mass is 604 g/mol. The number of aliphatic hydroxyl groups is 1. The number of hydrogen-bond acceptors (Lipinski definition) is 9. The standard InChI is InChI=1S/C33H36N2O9/c1-39-19-20-42-30-29(37)27(44-31(30)35-18-17-28(36)34-32(35)38)21-43-33(22-7-5-4-6-8-22,23-9-13-25(40-2)14-10-23)24-11-15-26(41-3)16-12-24/h4-18,27,29-31,37H,19-21H2,1-3H3,(H,34,36,38)/t27-,29-,30-,31-/m0/s1. The van der Waals surface area contributed by atoms with Crippen molar-refractivity contribution in [2.75, 3.05) is 41.2 Å². The Labute approximate surface area is 254 Å². The maximum Gasteiger partial charge on any atom is 0.330 e. The lowest BCUT2D eigenvalue weighted by Crippen LogP contribution is -2.41. The van der Waals surface area contributed by atoms with E-state index in [1.807, 2.05) is 78.9 Å². The van der Waals surface area contributed by atoms with E-state index < -0.39 is 41.4 Å². The van der Waals surface area contributed by atoms with Gasteiger partial charge in [0, 0.05) is 19.4 Å². The van der Waals surface area contributed by atoms with Gasteiger partial charge in [0.15, 0.2) is 6.23 Å². The van der Waals surface area contributed by atoms with E-state index in [1.165, 1.54) is 23.9 Å². The molecule has 1 saturated heterocycles. The fourth-order valence-electron chi connectivity index (χ4n) is 5.44. The van der Waals surface area contributed by atoms with E-state index in [2.05, 4.69) is 4.98 Å². The second kappa shape index (κ2) is 14.0. The van der Waals surface area contributed by atoms with E-state index in [4.69, 9.17) is 28.4 Å². The molecule has 3 aromatic carbocycles. The molecule has 4 atom stereocenters. The van der Waals surface area contributed by atoms with Crippen LogP contribution in [0.15, 0.2) is 101 Å². The van der Waals surface area contributed by atoms with Crippen LogP contribution in [0.1, 0.15) is 22.9 Å². The highest BCUT2D eigenvalue weighted by Crippen LogP contribution is 2.43. The van der Waals surface area contributed by atoms with Gasteiger partial charge in [-0.05, 0) is 41.0 Å². The Bertz CT molecular complexity index is 1560. The van der Waals surface area contributed by atoms with Crippen LogP contribution in [0.3, 0.4) is 0 Å². The summed E-state index contributed by atoms with van der Waals surface area (Å²) in [6, 6.07) is 26.1. The fourth-order valence-corrected chi connectivity index (χ4v) is 5.44. The lowest BCUT2D eigenvalue weighted by atomic mass is 9.80. The Morgan fingerprint density at radius 1 is 0.818 bits per heavy atom. The number of aromatic amines is 1. The normalized spacial score (nSPS) is 20.0. The molecule has 44 heavy (non-hydrogen) atoms. The Hall–Kier alpha value is -4.26. The van der Waals surface area contributed by atoms with Crippen molar-refractivity contribution in [2.45, 2.75) is 30.1 Å². The van der Waals surface area contributed by atoms with Crippen molar-refractivity contribution >= 4 is 0 Å². The van der Waals surface area contributed by atoms with Crippen LogP contribution >= 0.6 is 0 Å². The Balaban J connectivity index is 1.55. The number of methoxy groups -OCH3 is 3. The first-order valence-corrected chi connectivity index (χ1v) is 14.2. The van der Waals surface area contributed by atoms with Crippen molar-refractivity contribution in [2.24, 2.45) is 0 Å². The highest BCUT2D eigenvalue weighted by atomic mass is 16.6. The number of ether oxygens (including phenoxy) is 6. The zero-order chi connectivity index (χ0) is 31.1. The summed E-state index contributed by atoms with van der Waals surface area (Å²) in [6.45, 7) is 0.325. The minimum absolute atomic E-state index is 0.0904. The molecule has 5 rings (SSSR count). The van der Waals surface area contributed by atoms with Crippen molar-refractivity contribution in [3.8, 4) is 11.5 Å². The number of nitrogens with zero attached hydrogens (tertiary/aromatic N) is 1. The summed E-state index contributed by atoms with van der Waals surface area (Å²) in [7, 11) is 4.74. The molecule has 0 amide bonds. The first-order chi connectivity index (χ1) is 21.4. The van der Waals surface area contributed by atoms with Gasteiger partial charge in [0.1, 0.15) is 35.4 Å². The van der Waals surface area contributed by atoms with E-state index >= 15 is 0 Å². The molecule has 232 valence electrons. The SMILES string of the molecule is COCCO[C@H]1[C@@H](O)[C@H](COC(c2ccccc2)(c2ccc(OC)cc2)c2ccc(OC)cc2)O[C@@H]1n1ccc(=O)[nH]c1=O. The predicted octanol–water partition coefficient (Wildman–Crippen LogP) is 2.85. The first-order valence-electron chi connectivity index (χ1n) is 14.2. The summed E-state index contributed by atoms with van der Waals surface area (Å²) in [5.41, 5.74) is 0.0678. The Kier molecular flexibility index (Phi) is 9.93. The molecule has 0 bridgehead atoms. The van der Waals surface area contributed by atoms with E-state index in [0.29, 0.717) is 11.5 Å². The molecule has 1 fully saturated rings. The number of aromatic nitrogens is 2. The Morgan fingerprint density at radius 3 is 1.95 bits per heavy atom. The molecule has 1 aromatic heterocycles. The maximum absolute atomic E-state index is 12.7. The van der Waals surface area contributed by atoms with Gasteiger partial charge in [-0.15, -0.1) is 0 Å². The zero-order valence-corrected chi connectivity index (χ0v) is 24.8. The highest BCUT2D eigenvalue weighted by molar-refractivity contribution is 5.49. The summed E-state index contributed by atoms with van der Waals surface area (Å²) < 4.78 is 36.2. The van der Waals surface area contributed by atoms with Crippen LogP contribution in [-0.4, -0.2) is 74.1 Å². The largest absolute Gasteiger partial charge is 0.497 e. The van der Waals surface area contributed by atoms with Crippen molar-refractivity contribution in [3.63, 3.8) is 0 Å². The number of aliphatic hydroxyl groups excluding tert-OH is 1. The topological polar surface area (TPSA) is 130 Å². The summed E-state index contributed by atoms with van der Waals surface area (Å²) in [5.74, 6) is 1.37. The second-order valence-electron chi connectivity index (χ2n) is 10.2. The number of rotatable bonds is 13. The van der Waals surface area contributed by atoms with Crippen molar-refractivity contribution < 1.29 is 33.5 Å². The van der Waals surface area contributed by atoms with Crippen LogP contribution in [0.5, 0.6) is 11.5 Å². The van der Waals surface area contributed by atoms with E-state index in [-0.39, 0.29) is 19.8 Å². The molecule has 0 saturated carbocycles. The zero-order valence-electron chi connectivity index (χ0n) is 24.8. The number of H-pyrrole nitrogens is 1. The van der Waals surface area contributed by atoms with Gasteiger partial charge in [0.25, 0.3) is 5.56 Å². The average molecular weight is 605 g/mol. The molecule has 2 heterocycles. The summed E-state index contributed by atoms with van der Waals surface area (Å²) in [4.78, 5) is 26.7. The number of benzene rings is 3. The van der Waals surface area contributed by atoms with E-state index in [9.17, 15) is 14.7 Å². The van der Waals surface area contributed by atoms with Gasteiger partial charge in [-0.2, -0.15) is 0 Å². The third-order valence-electron chi connectivity index (χ3n) is 7.67. The molecule has 4 aromatic rings. The molecule has 0 unspecified atom stereocenters.